The Morgan fingerprint density at radius 3 is 0.521 bits per heavy atom. The molecule has 12 nitrogen and oxygen atoms in total. The van der Waals surface area contributed by atoms with Crippen LogP contribution >= 0.6 is 0 Å². The van der Waals surface area contributed by atoms with Crippen LogP contribution in [0.2, 0.25) is 0 Å². The predicted octanol–water partition coefficient (Wildman–Crippen LogP) is 23.6. The molecule has 1 radical (unpaired) electrons. The van der Waals surface area contributed by atoms with E-state index in [9.17, 15) is 0 Å². The third-order valence-electron chi connectivity index (χ3n) is 22.4. The fourth-order valence-corrected chi connectivity index (χ4v) is 16.3. The number of rotatable bonds is 18. The summed E-state index contributed by atoms with van der Waals surface area (Å²) < 4.78 is 6.53. The first-order valence-corrected chi connectivity index (χ1v) is 40.3. The third-order valence-corrected chi connectivity index (χ3v) is 22.4. The molecule has 19 aromatic rings. The van der Waals surface area contributed by atoms with Gasteiger partial charge in [0.15, 0.2) is 71.0 Å². The topological polar surface area (TPSA) is 128 Å². The van der Waals surface area contributed by atoms with E-state index in [0.29, 0.717) is 52.4 Å². The van der Waals surface area contributed by atoms with E-state index in [-0.39, 0.29) is 20.1 Å². The van der Waals surface area contributed by atoms with Crippen molar-refractivity contribution in [2.24, 2.45) is 21.1 Å². The molecule has 0 aliphatic rings. The van der Waals surface area contributed by atoms with Gasteiger partial charge in [0.1, 0.15) is 21.1 Å². The van der Waals surface area contributed by atoms with Crippen molar-refractivity contribution < 1.29 is 33.8 Å². The van der Waals surface area contributed by atoms with Gasteiger partial charge in [-0.3, -0.25) is 0 Å². The summed E-state index contributed by atoms with van der Waals surface area (Å²) in [6, 6.07) is 128. The summed E-state index contributed by atoms with van der Waals surface area (Å²) in [5, 5.41) is 0. The molecule has 0 aliphatic carbocycles. The Kier molecular flexibility index (Phi) is 21.6. The molecule has 6 aromatic heterocycles. The molecular formula is C108H81IrN12+3. The Morgan fingerprint density at radius 1 is 0.157 bits per heavy atom. The van der Waals surface area contributed by atoms with E-state index in [2.05, 4.69) is 256 Å². The molecule has 0 unspecified atom stereocenters. The first kappa shape index (κ1) is 77.2. The summed E-state index contributed by atoms with van der Waals surface area (Å²) >= 11 is 0. The van der Waals surface area contributed by atoms with Crippen molar-refractivity contribution in [3.63, 3.8) is 0 Å². The van der Waals surface area contributed by atoms with Gasteiger partial charge in [-0.2, -0.15) is 0 Å². The SMILES string of the molecule is Cc1cc(-c2ccccc2-c2cc(-c3ccccc3-c3ccc(-c4ccc(-c5nc(-c6ccccc6)nc(-c6ccccc6)n5)c[n+]4C)c(C)c3)cc(-c3ccccc3-c3ccc(-c4ccc(-c5nc(-c6ccccc6)nc(-c6ccccc6)n5)c[n+]4C)c(C)c3)c2)ccc1-c1ccc(-c2nc(-c3ccccc3)nc(-c3ccccc3)n2)c[n+]1C.[Ir]. The summed E-state index contributed by atoms with van der Waals surface area (Å²) in [7, 11) is 6.29. The molecule has 6 heterocycles. The first-order valence-electron chi connectivity index (χ1n) is 40.3. The van der Waals surface area contributed by atoms with Gasteiger partial charge in [0.25, 0.3) is 0 Å². The van der Waals surface area contributed by atoms with Crippen LogP contribution in [-0.4, -0.2) is 44.9 Å². The van der Waals surface area contributed by atoms with E-state index in [1.54, 1.807) is 0 Å². The van der Waals surface area contributed by atoms with Crippen LogP contribution < -0.4 is 13.7 Å². The van der Waals surface area contributed by atoms with Gasteiger partial charge in [-0.05, 0) is 159 Å². The Balaban J connectivity index is 0.0000100. The minimum Gasteiger partial charge on any atom is -0.208 e. The Bertz CT molecular complexity index is 6230. The molecule has 13 aromatic carbocycles. The van der Waals surface area contributed by atoms with Crippen LogP contribution in [0.3, 0.4) is 0 Å². The van der Waals surface area contributed by atoms with Gasteiger partial charge in [0.2, 0.25) is 17.1 Å². The molecule has 0 saturated carbocycles. The monoisotopic (exact) mass is 1740 g/mol. The average molecular weight is 1740 g/mol. The normalized spacial score (nSPS) is 11.2. The van der Waals surface area contributed by atoms with E-state index >= 15 is 0 Å². The fraction of sp³-hybridized carbons (Fsp3) is 0.0556. The van der Waals surface area contributed by atoms with Gasteiger partial charge in [-0.1, -0.05) is 291 Å². The molecule has 19 rings (SSSR count). The number of hydrogen-bond donors (Lipinski definition) is 0. The van der Waals surface area contributed by atoms with Crippen molar-refractivity contribution in [2.75, 3.05) is 0 Å². The number of aryl methyl sites for hydroxylation is 6. The summed E-state index contributed by atoms with van der Waals surface area (Å²) in [6.07, 6.45) is 6.36. The van der Waals surface area contributed by atoms with E-state index in [0.717, 1.165) is 167 Å². The summed E-state index contributed by atoms with van der Waals surface area (Å²) in [5.41, 5.74) is 31.5. The van der Waals surface area contributed by atoms with Crippen LogP contribution in [0, 0.1) is 20.8 Å². The molecule has 0 saturated heterocycles. The minimum atomic E-state index is 0. The molecule has 0 N–H and O–H groups in total. The van der Waals surface area contributed by atoms with Crippen molar-refractivity contribution in [3.8, 4) is 203 Å². The standard InChI is InChI=1S/C108H81N12.Ir/c1-70-61-79(49-55-88(70)97-58-52-82(67-118(97)4)106-112-100(73-31-13-7-14-32-73)109-101(113-106)74-33-15-8-16-34-74)91-43-25-28-46-94(91)85-64-86(95-47-29-26-44-92(95)80-50-56-89(71(2)62-80)98-59-53-83(68-119(98)5)107-114-102(75-35-17-9-18-36-75)110-103(115-107)76-37-19-10-20-38-76)66-87(65-85)96-48-30-27-45-93(96)81-51-57-90(72(3)63-81)99-60-54-84(69-120(99)6)108-116-104(77-39-21-11-22-40-77)111-105(117-108)78-41-23-12-24-42-78;/h7-69H,1-6H3;/q+3;. The summed E-state index contributed by atoms with van der Waals surface area (Å²) in [5.74, 6) is 5.55. The zero-order valence-corrected chi connectivity index (χ0v) is 70.0. The van der Waals surface area contributed by atoms with Crippen molar-refractivity contribution >= 4 is 0 Å². The largest absolute Gasteiger partial charge is 0.212 e. The van der Waals surface area contributed by atoms with Crippen molar-refractivity contribution in [1.29, 1.82) is 0 Å². The van der Waals surface area contributed by atoms with Crippen molar-refractivity contribution in [1.82, 2.24) is 44.9 Å². The Labute approximate surface area is 717 Å². The van der Waals surface area contributed by atoms with Crippen LogP contribution in [0.15, 0.2) is 383 Å². The van der Waals surface area contributed by atoms with Gasteiger partial charge < -0.3 is 0 Å². The second kappa shape index (κ2) is 33.9. The van der Waals surface area contributed by atoms with E-state index in [1.165, 1.54) is 0 Å². The molecule has 0 bridgehead atoms. The molecule has 0 atom stereocenters. The predicted molar refractivity (Wildman–Crippen MR) is 482 cm³/mol. The second-order valence-corrected chi connectivity index (χ2v) is 30.4. The molecule has 121 heavy (non-hydrogen) atoms. The molecule has 579 valence electrons. The summed E-state index contributed by atoms with van der Waals surface area (Å²) in [6.45, 7) is 6.64. The van der Waals surface area contributed by atoms with Crippen LogP contribution in [0.25, 0.3) is 203 Å². The maximum Gasteiger partial charge on any atom is 0.212 e. The molecule has 0 amide bonds. The van der Waals surface area contributed by atoms with Gasteiger partial charge in [-0.25, -0.2) is 58.6 Å². The van der Waals surface area contributed by atoms with Crippen LogP contribution in [0.5, 0.6) is 0 Å². The van der Waals surface area contributed by atoms with E-state index < -0.39 is 0 Å². The van der Waals surface area contributed by atoms with Gasteiger partial charge in [0, 0.05) is 88.4 Å². The van der Waals surface area contributed by atoms with Gasteiger partial charge in [0.05, 0.1) is 16.7 Å². The van der Waals surface area contributed by atoms with Crippen molar-refractivity contribution in [2.45, 2.75) is 20.8 Å². The number of aromatic nitrogens is 12. The average Bonchev–Trinajstić information content (AvgIpc) is 0.774. The van der Waals surface area contributed by atoms with Gasteiger partial charge in [-0.15, -0.1) is 0 Å². The molecule has 0 spiro atoms. The molecular weight excluding hydrogens is 1660 g/mol. The summed E-state index contributed by atoms with van der Waals surface area (Å²) in [4.78, 5) is 45.2. The molecule has 13 heteroatoms. The molecule has 0 aliphatic heterocycles. The zero-order valence-electron chi connectivity index (χ0n) is 67.6. The number of benzene rings is 13. The van der Waals surface area contributed by atoms with Gasteiger partial charge >= 0.3 is 0 Å². The van der Waals surface area contributed by atoms with E-state index in [4.69, 9.17) is 44.9 Å². The van der Waals surface area contributed by atoms with Crippen molar-refractivity contribution in [3.05, 3.63) is 399 Å². The zero-order chi connectivity index (χ0) is 81.2. The Hall–Kier alpha value is -15.0. The number of hydrogen-bond acceptors (Lipinski definition) is 9. The van der Waals surface area contributed by atoms with Crippen LogP contribution in [0.1, 0.15) is 16.7 Å². The quantitative estimate of drug-likeness (QED) is 0.0772. The fourth-order valence-electron chi connectivity index (χ4n) is 16.3. The third kappa shape index (κ3) is 16.0. The second-order valence-electron chi connectivity index (χ2n) is 30.4. The smallest absolute Gasteiger partial charge is 0.208 e. The maximum atomic E-state index is 5.06. The number of nitrogens with zero attached hydrogens (tertiary/aromatic N) is 12. The first-order chi connectivity index (χ1) is 58.9. The van der Waals surface area contributed by atoms with Crippen LogP contribution in [0.4, 0.5) is 0 Å². The maximum absolute atomic E-state index is 5.06. The van der Waals surface area contributed by atoms with E-state index in [1.807, 2.05) is 182 Å². The minimum absolute atomic E-state index is 0. The van der Waals surface area contributed by atoms with Crippen LogP contribution in [-0.2, 0) is 41.2 Å². The molecule has 0 fully saturated rings. The Morgan fingerprint density at radius 2 is 0.331 bits per heavy atom. The number of pyridine rings is 3.